The van der Waals surface area contributed by atoms with Crippen molar-refractivity contribution >= 4 is 23.8 Å². The first-order valence-electron chi connectivity index (χ1n) is 8.08. The third-order valence-electron chi connectivity index (χ3n) is 4.62. The molecular formula is C15H24N4O4. The van der Waals surface area contributed by atoms with Gasteiger partial charge in [-0.3, -0.25) is 19.3 Å². The smallest absolute Gasteiger partial charge is 0.325 e. The lowest BCUT2D eigenvalue weighted by molar-refractivity contribution is -0.137. The van der Waals surface area contributed by atoms with Gasteiger partial charge in [0.15, 0.2) is 0 Å². The summed E-state index contributed by atoms with van der Waals surface area (Å²) in [7, 11) is 0. The highest BCUT2D eigenvalue weighted by Gasteiger charge is 2.55. The average molecular weight is 324 g/mol. The second-order valence-corrected chi connectivity index (χ2v) is 6.17. The van der Waals surface area contributed by atoms with Crippen LogP contribution < -0.4 is 16.0 Å². The van der Waals surface area contributed by atoms with Crippen molar-refractivity contribution in [1.29, 1.82) is 0 Å². The summed E-state index contributed by atoms with van der Waals surface area (Å²) in [6.07, 6.45) is 3.41. The summed E-state index contributed by atoms with van der Waals surface area (Å²) in [6.45, 7) is 3.67. The molecule has 5 amide bonds. The van der Waals surface area contributed by atoms with Gasteiger partial charge >= 0.3 is 6.03 Å². The summed E-state index contributed by atoms with van der Waals surface area (Å²) >= 11 is 0. The number of likely N-dealkylation sites (N-methyl/N-ethyl adjacent to an activating group) is 1. The Balaban J connectivity index is 1.95. The zero-order chi connectivity index (χ0) is 17.0. The molecule has 1 heterocycles. The standard InChI is InChI=1S/C15H24N4O4/c1-3-16-11(20)8-17-12(21)9-19-13(22)15(18-14(19)23)7-5-4-6-10(15)2/h10H,3-9H2,1-2H3,(H,16,20)(H,17,21)(H,18,23)/t10-,15+/m1/s1. The zero-order valence-electron chi connectivity index (χ0n) is 13.6. The van der Waals surface area contributed by atoms with E-state index in [-0.39, 0.29) is 30.8 Å². The molecule has 2 fully saturated rings. The van der Waals surface area contributed by atoms with Crippen molar-refractivity contribution in [3.8, 4) is 0 Å². The molecule has 1 aliphatic carbocycles. The fourth-order valence-corrected chi connectivity index (χ4v) is 3.28. The minimum Gasteiger partial charge on any atom is -0.355 e. The van der Waals surface area contributed by atoms with Crippen molar-refractivity contribution in [3.05, 3.63) is 0 Å². The first kappa shape index (κ1) is 17.2. The molecule has 0 aromatic heterocycles. The predicted molar refractivity (Wildman–Crippen MR) is 82.3 cm³/mol. The number of carbonyl (C=O) groups excluding carboxylic acids is 4. The average Bonchev–Trinajstić information content (AvgIpc) is 2.74. The van der Waals surface area contributed by atoms with Crippen LogP contribution in [0.15, 0.2) is 0 Å². The Hall–Kier alpha value is -2.12. The molecule has 0 radical (unpaired) electrons. The van der Waals surface area contributed by atoms with Crippen LogP contribution in [-0.2, 0) is 14.4 Å². The second kappa shape index (κ2) is 6.97. The lowest BCUT2D eigenvalue weighted by atomic mass is 9.73. The number of carbonyl (C=O) groups is 4. The molecule has 2 atom stereocenters. The van der Waals surface area contributed by atoms with Gasteiger partial charge in [-0.05, 0) is 25.7 Å². The van der Waals surface area contributed by atoms with Gasteiger partial charge in [-0.25, -0.2) is 4.79 Å². The van der Waals surface area contributed by atoms with Gasteiger partial charge in [0.1, 0.15) is 12.1 Å². The third-order valence-corrected chi connectivity index (χ3v) is 4.62. The van der Waals surface area contributed by atoms with Crippen molar-refractivity contribution < 1.29 is 19.2 Å². The summed E-state index contributed by atoms with van der Waals surface area (Å²) in [4.78, 5) is 48.9. The Kier molecular flexibility index (Phi) is 5.23. The monoisotopic (exact) mass is 324 g/mol. The Morgan fingerprint density at radius 2 is 2.00 bits per heavy atom. The van der Waals surface area contributed by atoms with Crippen molar-refractivity contribution in [2.75, 3.05) is 19.6 Å². The highest BCUT2D eigenvalue weighted by atomic mass is 16.2. The molecule has 23 heavy (non-hydrogen) atoms. The van der Waals surface area contributed by atoms with Crippen LogP contribution in [0.5, 0.6) is 0 Å². The van der Waals surface area contributed by atoms with E-state index in [1.54, 1.807) is 6.92 Å². The van der Waals surface area contributed by atoms with E-state index in [1.807, 2.05) is 6.92 Å². The van der Waals surface area contributed by atoms with Crippen LogP contribution >= 0.6 is 0 Å². The molecule has 0 aromatic rings. The molecule has 1 saturated carbocycles. The van der Waals surface area contributed by atoms with E-state index in [4.69, 9.17) is 0 Å². The summed E-state index contributed by atoms with van der Waals surface area (Å²) in [6, 6.07) is -0.531. The Morgan fingerprint density at radius 1 is 1.26 bits per heavy atom. The van der Waals surface area contributed by atoms with E-state index in [0.29, 0.717) is 13.0 Å². The highest BCUT2D eigenvalue weighted by Crippen LogP contribution is 2.37. The Bertz CT molecular complexity index is 522. The lowest BCUT2D eigenvalue weighted by Gasteiger charge is -2.36. The third kappa shape index (κ3) is 3.46. The maximum Gasteiger partial charge on any atom is 0.325 e. The van der Waals surface area contributed by atoms with Crippen LogP contribution in [0.4, 0.5) is 4.79 Å². The molecular weight excluding hydrogens is 300 g/mol. The van der Waals surface area contributed by atoms with Gasteiger partial charge in [-0.2, -0.15) is 0 Å². The summed E-state index contributed by atoms with van der Waals surface area (Å²) in [5, 5.41) is 7.75. The number of imide groups is 1. The zero-order valence-corrected chi connectivity index (χ0v) is 13.6. The van der Waals surface area contributed by atoms with Gasteiger partial charge < -0.3 is 16.0 Å². The molecule has 3 N–H and O–H groups in total. The molecule has 0 aromatic carbocycles. The number of nitrogens with one attached hydrogen (secondary N) is 3. The highest BCUT2D eigenvalue weighted by molar-refractivity contribution is 6.09. The first-order chi connectivity index (χ1) is 10.9. The van der Waals surface area contributed by atoms with Crippen LogP contribution in [0.1, 0.15) is 39.5 Å². The Labute approximate surface area is 135 Å². The fraction of sp³-hybridized carbons (Fsp3) is 0.733. The van der Waals surface area contributed by atoms with Crippen LogP contribution in [0.3, 0.4) is 0 Å². The van der Waals surface area contributed by atoms with E-state index < -0.39 is 17.5 Å². The quantitative estimate of drug-likeness (QED) is 0.606. The van der Waals surface area contributed by atoms with Crippen LogP contribution in [0.25, 0.3) is 0 Å². The SMILES string of the molecule is CCNC(=O)CNC(=O)CN1C(=O)N[C@]2(CCCC[C@H]2C)C1=O. The molecule has 8 nitrogen and oxygen atoms in total. The molecule has 0 unspecified atom stereocenters. The van der Waals surface area contributed by atoms with Gasteiger partial charge in [0, 0.05) is 6.54 Å². The molecule has 2 rings (SSSR count). The van der Waals surface area contributed by atoms with Gasteiger partial charge in [0.05, 0.1) is 6.54 Å². The minimum atomic E-state index is -0.866. The molecule has 0 bridgehead atoms. The second-order valence-electron chi connectivity index (χ2n) is 6.17. The first-order valence-corrected chi connectivity index (χ1v) is 8.08. The predicted octanol–water partition coefficient (Wildman–Crippen LogP) is -0.261. The van der Waals surface area contributed by atoms with Crippen LogP contribution in [0.2, 0.25) is 0 Å². The number of hydrogen-bond acceptors (Lipinski definition) is 4. The number of hydrogen-bond donors (Lipinski definition) is 3. The van der Waals surface area contributed by atoms with E-state index in [1.165, 1.54) is 0 Å². The van der Waals surface area contributed by atoms with Gasteiger partial charge in [0.2, 0.25) is 11.8 Å². The number of rotatable bonds is 5. The fourth-order valence-electron chi connectivity index (χ4n) is 3.28. The number of amides is 5. The molecule has 8 heteroatoms. The maximum absolute atomic E-state index is 12.7. The number of urea groups is 1. The van der Waals surface area contributed by atoms with Crippen molar-refractivity contribution in [2.45, 2.75) is 45.1 Å². The Morgan fingerprint density at radius 3 is 2.65 bits per heavy atom. The summed E-state index contributed by atoms with van der Waals surface area (Å²) in [5.41, 5.74) is -0.866. The van der Waals surface area contributed by atoms with E-state index in [2.05, 4.69) is 16.0 Å². The molecule has 1 saturated heterocycles. The van der Waals surface area contributed by atoms with E-state index >= 15 is 0 Å². The van der Waals surface area contributed by atoms with Crippen LogP contribution in [-0.4, -0.2) is 53.8 Å². The normalized spacial score (nSPS) is 27.0. The van der Waals surface area contributed by atoms with Crippen molar-refractivity contribution in [3.63, 3.8) is 0 Å². The largest absolute Gasteiger partial charge is 0.355 e. The molecule has 128 valence electrons. The van der Waals surface area contributed by atoms with E-state index in [9.17, 15) is 19.2 Å². The molecule has 1 aliphatic heterocycles. The lowest BCUT2D eigenvalue weighted by Crippen LogP contribution is -2.54. The van der Waals surface area contributed by atoms with Crippen LogP contribution in [0, 0.1) is 5.92 Å². The molecule has 2 aliphatic rings. The minimum absolute atomic E-state index is 0.0519. The van der Waals surface area contributed by atoms with Gasteiger partial charge in [0.25, 0.3) is 5.91 Å². The van der Waals surface area contributed by atoms with Crippen molar-refractivity contribution in [2.24, 2.45) is 5.92 Å². The van der Waals surface area contributed by atoms with Crippen molar-refractivity contribution in [1.82, 2.24) is 20.9 Å². The molecule has 1 spiro atoms. The number of nitrogens with zero attached hydrogens (tertiary/aromatic N) is 1. The van der Waals surface area contributed by atoms with Gasteiger partial charge in [-0.15, -0.1) is 0 Å². The summed E-state index contributed by atoms with van der Waals surface area (Å²) < 4.78 is 0. The van der Waals surface area contributed by atoms with E-state index in [0.717, 1.165) is 24.2 Å². The maximum atomic E-state index is 12.7. The topological polar surface area (TPSA) is 108 Å². The summed E-state index contributed by atoms with van der Waals surface area (Å²) in [5.74, 6) is -1.12. The van der Waals surface area contributed by atoms with Gasteiger partial charge in [-0.1, -0.05) is 19.8 Å².